The molecule has 0 fully saturated rings. The predicted molar refractivity (Wildman–Crippen MR) is 36.3 cm³/mol. The van der Waals surface area contributed by atoms with Gasteiger partial charge in [0, 0.05) is 5.41 Å². The van der Waals surface area contributed by atoms with Crippen molar-refractivity contribution in [2.24, 2.45) is 0 Å². The van der Waals surface area contributed by atoms with Crippen LogP contribution in [0.15, 0.2) is 35.1 Å². The molecule has 0 aliphatic carbocycles. The maximum absolute atomic E-state index is 10.7. The molecule has 2 nitrogen and oxygen atoms in total. The summed E-state index contributed by atoms with van der Waals surface area (Å²) in [4.78, 5) is 0.113. The van der Waals surface area contributed by atoms with Crippen molar-refractivity contribution < 1.29 is 8.42 Å². The van der Waals surface area contributed by atoms with E-state index in [0.29, 0.717) is 5.57 Å². The second-order valence-corrected chi connectivity index (χ2v) is 3.65. The first-order valence-corrected chi connectivity index (χ1v) is 3.90. The van der Waals surface area contributed by atoms with Crippen molar-refractivity contribution in [2.75, 3.05) is 0 Å². The van der Waals surface area contributed by atoms with Gasteiger partial charge in [-0.1, -0.05) is 13.2 Å². The number of rotatable bonds is 0. The largest absolute Gasteiger partial charge is 0.219 e. The van der Waals surface area contributed by atoms with Crippen molar-refractivity contribution in [2.45, 2.75) is 0 Å². The lowest BCUT2D eigenvalue weighted by Crippen LogP contribution is -1.91. The summed E-state index contributed by atoms with van der Waals surface area (Å²) in [6, 6.07) is 0. The molecule has 0 bridgehead atoms. The van der Waals surface area contributed by atoms with Gasteiger partial charge in [0.25, 0.3) is 0 Å². The molecule has 0 amide bonds. The Balaban J connectivity index is 3.32. The van der Waals surface area contributed by atoms with E-state index in [1.165, 1.54) is 6.08 Å². The standard InChI is InChI=1S/C6H6O2S/c1-5-3-4-9(7,8)6(5)2/h3-4H,1-2H2. The third-order valence-corrected chi connectivity index (χ3v) is 2.59. The average Bonchev–Trinajstić information content (AvgIpc) is 1.97. The zero-order valence-electron chi connectivity index (χ0n) is 4.79. The zero-order chi connectivity index (χ0) is 7.07. The monoisotopic (exact) mass is 142 g/mol. The molecular formula is C6H6O2S. The van der Waals surface area contributed by atoms with Gasteiger partial charge in [-0.15, -0.1) is 0 Å². The quantitative estimate of drug-likeness (QED) is 0.505. The van der Waals surface area contributed by atoms with Crippen LogP contribution in [0.5, 0.6) is 0 Å². The van der Waals surface area contributed by atoms with Crippen molar-refractivity contribution in [3.05, 3.63) is 35.1 Å². The zero-order valence-corrected chi connectivity index (χ0v) is 5.61. The van der Waals surface area contributed by atoms with Gasteiger partial charge < -0.3 is 0 Å². The predicted octanol–water partition coefficient (Wildman–Crippen LogP) is 0.998. The van der Waals surface area contributed by atoms with Gasteiger partial charge in [-0.25, -0.2) is 8.42 Å². The first kappa shape index (κ1) is 6.29. The summed E-state index contributed by atoms with van der Waals surface area (Å²) < 4.78 is 21.4. The fraction of sp³-hybridized carbons (Fsp3) is 0. The van der Waals surface area contributed by atoms with Crippen LogP contribution in [0, 0.1) is 0 Å². The van der Waals surface area contributed by atoms with Crippen LogP contribution in [0.2, 0.25) is 0 Å². The van der Waals surface area contributed by atoms with E-state index in [2.05, 4.69) is 13.2 Å². The third-order valence-electron chi connectivity index (χ3n) is 1.15. The number of sulfone groups is 1. The van der Waals surface area contributed by atoms with E-state index < -0.39 is 9.84 Å². The first-order valence-electron chi connectivity index (χ1n) is 2.35. The summed E-state index contributed by atoms with van der Waals surface area (Å²) >= 11 is 0. The van der Waals surface area contributed by atoms with Gasteiger partial charge in [0.1, 0.15) is 0 Å². The fourth-order valence-electron chi connectivity index (χ4n) is 0.530. The van der Waals surface area contributed by atoms with Gasteiger partial charge in [-0.2, -0.15) is 0 Å². The minimum atomic E-state index is -3.15. The highest BCUT2D eigenvalue weighted by atomic mass is 32.2. The van der Waals surface area contributed by atoms with Gasteiger partial charge in [0.05, 0.1) is 4.91 Å². The van der Waals surface area contributed by atoms with E-state index in [-0.39, 0.29) is 4.91 Å². The van der Waals surface area contributed by atoms with E-state index in [1.54, 1.807) is 0 Å². The molecule has 0 aromatic heterocycles. The molecule has 0 aromatic rings. The van der Waals surface area contributed by atoms with E-state index in [1.807, 2.05) is 0 Å². The Morgan fingerprint density at radius 2 is 1.89 bits per heavy atom. The highest BCUT2D eigenvalue weighted by Crippen LogP contribution is 2.23. The average molecular weight is 142 g/mol. The van der Waals surface area contributed by atoms with E-state index in [9.17, 15) is 8.42 Å². The Morgan fingerprint density at radius 3 is 2.00 bits per heavy atom. The Kier molecular flexibility index (Phi) is 1.10. The maximum Gasteiger partial charge on any atom is 0.199 e. The number of hydrogen-bond donors (Lipinski definition) is 0. The van der Waals surface area contributed by atoms with E-state index >= 15 is 0 Å². The molecule has 1 heterocycles. The topological polar surface area (TPSA) is 34.1 Å². The second-order valence-electron chi connectivity index (χ2n) is 1.80. The summed E-state index contributed by atoms with van der Waals surface area (Å²) in [6.07, 6.45) is 1.44. The fourth-order valence-corrected chi connectivity index (χ4v) is 1.47. The van der Waals surface area contributed by atoms with Crippen LogP contribution in [0.3, 0.4) is 0 Å². The third kappa shape index (κ3) is 0.833. The Hall–Kier alpha value is -0.830. The lowest BCUT2D eigenvalue weighted by Gasteiger charge is -1.90. The molecule has 0 N–H and O–H groups in total. The molecule has 0 saturated carbocycles. The highest BCUT2D eigenvalue weighted by molar-refractivity contribution is 7.98. The van der Waals surface area contributed by atoms with Gasteiger partial charge in [0.2, 0.25) is 0 Å². The molecular weight excluding hydrogens is 136 g/mol. The van der Waals surface area contributed by atoms with Crippen LogP contribution in [0.25, 0.3) is 0 Å². The van der Waals surface area contributed by atoms with Crippen molar-refractivity contribution in [3.63, 3.8) is 0 Å². The molecule has 9 heavy (non-hydrogen) atoms. The summed E-state index contributed by atoms with van der Waals surface area (Å²) in [5.74, 6) is 0. The van der Waals surface area contributed by atoms with Crippen LogP contribution in [0.1, 0.15) is 0 Å². The summed E-state index contributed by atoms with van der Waals surface area (Å²) in [5, 5.41) is 1.11. The second kappa shape index (κ2) is 1.57. The molecule has 1 aliphatic rings. The van der Waals surface area contributed by atoms with Gasteiger partial charge in [0.15, 0.2) is 9.84 Å². The number of hydrogen-bond acceptors (Lipinski definition) is 2. The van der Waals surface area contributed by atoms with Crippen LogP contribution in [-0.2, 0) is 9.84 Å². The van der Waals surface area contributed by atoms with Crippen molar-refractivity contribution in [3.8, 4) is 0 Å². The Morgan fingerprint density at radius 1 is 1.33 bits per heavy atom. The van der Waals surface area contributed by atoms with Crippen LogP contribution >= 0.6 is 0 Å². The molecule has 0 radical (unpaired) electrons. The van der Waals surface area contributed by atoms with Crippen LogP contribution in [-0.4, -0.2) is 8.42 Å². The SMILES string of the molecule is C=C1C=CS(=O)(=O)C1=C. The smallest absolute Gasteiger partial charge is 0.199 e. The summed E-state index contributed by atoms with van der Waals surface area (Å²) in [7, 11) is -3.15. The van der Waals surface area contributed by atoms with Crippen LogP contribution in [0.4, 0.5) is 0 Å². The molecule has 1 aliphatic heterocycles. The van der Waals surface area contributed by atoms with Crippen molar-refractivity contribution in [1.82, 2.24) is 0 Å². The van der Waals surface area contributed by atoms with Crippen molar-refractivity contribution >= 4 is 9.84 Å². The van der Waals surface area contributed by atoms with Crippen LogP contribution < -0.4 is 0 Å². The Labute approximate surface area is 54.1 Å². The lowest BCUT2D eigenvalue weighted by molar-refractivity contribution is 0.612. The molecule has 1 rings (SSSR count). The molecule has 48 valence electrons. The van der Waals surface area contributed by atoms with Crippen molar-refractivity contribution in [1.29, 1.82) is 0 Å². The normalized spacial score (nSPS) is 23.1. The highest BCUT2D eigenvalue weighted by Gasteiger charge is 2.18. The molecule has 0 aromatic carbocycles. The minimum Gasteiger partial charge on any atom is -0.219 e. The molecule has 3 heteroatoms. The molecule has 0 atom stereocenters. The lowest BCUT2D eigenvalue weighted by atomic mass is 10.3. The van der Waals surface area contributed by atoms with Gasteiger partial charge >= 0.3 is 0 Å². The first-order chi connectivity index (χ1) is 4.04. The Bertz CT molecular complexity index is 293. The van der Waals surface area contributed by atoms with E-state index in [4.69, 9.17) is 0 Å². The summed E-state index contributed by atoms with van der Waals surface area (Å²) in [6.45, 7) is 6.80. The minimum absolute atomic E-state index is 0.113. The molecule has 0 spiro atoms. The van der Waals surface area contributed by atoms with Gasteiger partial charge in [-0.3, -0.25) is 0 Å². The maximum atomic E-state index is 10.7. The van der Waals surface area contributed by atoms with Gasteiger partial charge in [-0.05, 0) is 11.6 Å². The molecule has 0 unspecified atom stereocenters. The van der Waals surface area contributed by atoms with E-state index in [0.717, 1.165) is 5.41 Å². The molecule has 0 saturated heterocycles. The summed E-state index contributed by atoms with van der Waals surface area (Å²) in [5.41, 5.74) is 0.481. The number of allylic oxidation sites excluding steroid dienone is 2.